The fourth-order valence-electron chi connectivity index (χ4n) is 2.67. The molecule has 1 aromatic heterocycles. The third kappa shape index (κ3) is 1.65. The highest BCUT2D eigenvalue weighted by molar-refractivity contribution is 5.11. The van der Waals surface area contributed by atoms with E-state index in [0.29, 0.717) is 17.7 Å². The zero-order chi connectivity index (χ0) is 11.2. The Balaban J connectivity index is 1.80. The molecule has 2 aliphatic rings. The first-order valence-electron chi connectivity index (χ1n) is 6.32. The smallest absolute Gasteiger partial charge is 0.246 e. The van der Waals surface area contributed by atoms with Crippen LogP contribution in [0.2, 0.25) is 0 Å². The zero-order valence-electron chi connectivity index (χ0n) is 9.78. The van der Waals surface area contributed by atoms with Gasteiger partial charge in [-0.1, -0.05) is 31.3 Å². The Kier molecular flexibility index (Phi) is 2.28. The fraction of sp³-hybridized carbons (Fsp3) is 0.833. The highest BCUT2D eigenvalue weighted by atomic mass is 16.5. The van der Waals surface area contributed by atoms with Gasteiger partial charge in [-0.3, -0.25) is 0 Å². The van der Waals surface area contributed by atoms with Gasteiger partial charge in [0, 0.05) is 5.92 Å². The molecule has 1 aromatic rings. The lowest BCUT2D eigenvalue weighted by atomic mass is 9.82. The van der Waals surface area contributed by atoms with Crippen molar-refractivity contribution in [1.82, 2.24) is 10.1 Å². The van der Waals surface area contributed by atoms with Gasteiger partial charge in [0.1, 0.15) is 0 Å². The van der Waals surface area contributed by atoms with Crippen molar-refractivity contribution in [3.63, 3.8) is 0 Å². The van der Waals surface area contributed by atoms with Gasteiger partial charge in [-0.25, -0.2) is 0 Å². The van der Waals surface area contributed by atoms with Crippen LogP contribution in [0.5, 0.6) is 0 Å². The topological polar surface area (TPSA) is 64.9 Å². The monoisotopic (exact) mass is 221 g/mol. The third-order valence-corrected chi connectivity index (χ3v) is 4.05. The standard InChI is InChI=1S/C12H19N3O/c1-8-7-9(8)10-14-11(16-15-10)12(13)5-3-2-4-6-12/h8-9H,2-7,13H2,1H3. The third-order valence-electron chi connectivity index (χ3n) is 4.05. The van der Waals surface area contributed by atoms with Crippen molar-refractivity contribution in [3.8, 4) is 0 Å². The summed E-state index contributed by atoms with van der Waals surface area (Å²) in [7, 11) is 0. The molecule has 88 valence electrons. The molecule has 2 fully saturated rings. The van der Waals surface area contributed by atoms with Gasteiger partial charge >= 0.3 is 0 Å². The molecule has 0 aliphatic heterocycles. The molecular formula is C12H19N3O. The van der Waals surface area contributed by atoms with E-state index in [0.717, 1.165) is 18.7 Å². The van der Waals surface area contributed by atoms with Gasteiger partial charge in [-0.05, 0) is 25.2 Å². The average molecular weight is 221 g/mol. The molecular weight excluding hydrogens is 202 g/mol. The van der Waals surface area contributed by atoms with Crippen molar-refractivity contribution in [2.75, 3.05) is 0 Å². The van der Waals surface area contributed by atoms with E-state index < -0.39 is 0 Å². The van der Waals surface area contributed by atoms with E-state index >= 15 is 0 Å². The summed E-state index contributed by atoms with van der Waals surface area (Å²) in [6, 6.07) is 0. The summed E-state index contributed by atoms with van der Waals surface area (Å²) in [5, 5.41) is 4.08. The Hall–Kier alpha value is -0.900. The highest BCUT2D eigenvalue weighted by Crippen LogP contribution is 2.46. The van der Waals surface area contributed by atoms with Crippen molar-refractivity contribution in [2.45, 2.75) is 56.9 Å². The van der Waals surface area contributed by atoms with Crippen LogP contribution < -0.4 is 5.73 Å². The minimum atomic E-state index is -0.346. The molecule has 1 heterocycles. The van der Waals surface area contributed by atoms with E-state index in [1.807, 2.05) is 0 Å². The fourth-order valence-corrected chi connectivity index (χ4v) is 2.67. The molecule has 2 N–H and O–H groups in total. The van der Waals surface area contributed by atoms with Crippen LogP contribution in [0.4, 0.5) is 0 Å². The van der Waals surface area contributed by atoms with Crippen LogP contribution in [0.1, 0.15) is 63.1 Å². The highest BCUT2D eigenvalue weighted by Gasteiger charge is 2.41. The van der Waals surface area contributed by atoms with Crippen LogP contribution in [0.15, 0.2) is 4.52 Å². The molecule has 2 atom stereocenters. The van der Waals surface area contributed by atoms with Crippen LogP contribution >= 0.6 is 0 Å². The Labute approximate surface area is 95.6 Å². The number of rotatable bonds is 2. The average Bonchev–Trinajstić information content (AvgIpc) is 2.82. The first-order valence-corrected chi connectivity index (χ1v) is 6.32. The molecule has 2 unspecified atom stereocenters. The van der Waals surface area contributed by atoms with Crippen molar-refractivity contribution in [3.05, 3.63) is 11.7 Å². The van der Waals surface area contributed by atoms with Crippen molar-refractivity contribution >= 4 is 0 Å². The molecule has 2 aliphatic carbocycles. The second-order valence-corrected chi connectivity index (χ2v) is 5.49. The van der Waals surface area contributed by atoms with Crippen LogP contribution in [0, 0.1) is 5.92 Å². The molecule has 3 rings (SSSR count). The Morgan fingerprint density at radius 1 is 1.31 bits per heavy atom. The summed E-state index contributed by atoms with van der Waals surface area (Å²) in [5.41, 5.74) is 6.01. The van der Waals surface area contributed by atoms with Gasteiger partial charge in [0.05, 0.1) is 5.54 Å². The van der Waals surface area contributed by atoms with E-state index in [-0.39, 0.29) is 5.54 Å². The van der Waals surface area contributed by atoms with E-state index in [2.05, 4.69) is 17.1 Å². The molecule has 0 saturated heterocycles. The van der Waals surface area contributed by atoms with Gasteiger partial charge in [0.2, 0.25) is 5.89 Å². The molecule has 16 heavy (non-hydrogen) atoms. The Morgan fingerprint density at radius 2 is 2.00 bits per heavy atom. The largest absolute Gasteiger partial charge is 0.337 e. The number of hydrogen-bond acceptors (Lipinski definition) is 4. The molecule has 0 spiro atoms. The Morgan fingerprint density at radius 3 is 2.62 bits per heavy atom. The van der Waals surface area contributed by atoms with Gasteiger partial charge in [0.15, 0.2) is 5.82 Å². The quantitative estimate of drug-likeness (QED) is 0.832. The maximum atomic E-state index is 6.35. The maximum absolute atomic E-state index is 6.35. The number of hydrogen-bond donors (Lipinski definition) is 1. The van der Waals surface area contributed by atoms with Crippen LogP contribution in [0.25, 0.3) is 0 Å². The molecule has 2 saturated carbocycles. The summed E-state index contributed by atoms with van der Waals surface area (Å²) < 4.78 is 5.37. The van der Waals surface area contributed by atoms with Crippen molar-refractivity contribution in [2.24, 2.45) is 11.7 Å². The van der Waals surface area contributed by atoms with Gasteiger partial charge in [-0.15, -0.1) is 0 Å². The summed E-state index contributed by atoms with van der Waals surface area (Å²) in [5.74, 6) is 2.77. The summed E-state index contributed by atoms with van der Waals surface area (Å²) in [6.45, 7) is 2.22. The van der Waals surface area contributed by atoms with Gasteiger partial charge < -0.3 is 10.3 Å². The zero-order valence-corrected chi connectivity index (χ0v) is 9.78. The normalized spacial score (nSPS) is 32.6. The first-order chi connectivity index (χ1) is 7.69. The lowest BCUT2D eigenvalue weighted by Crippen LogP contribution is -2.39. The molecule has 0 aromatic carbocycles. The van der Waals surface area contributed by atoms with Crippen molar-refractivity contribution < 1.29 is 4.52 Å². The molecule has 0 amide bonds. The minimum Gasteiger partial charge on any atom is -0.337 e. The number of nitrogens with two attached hydrogens (primary N) is 1. The molecule has 0 radical (unpaired) electrons. The molecule has 0 bridgehead atoms. The van der Waals surface area contributed by atoms with E-state index in [4.69, 9.17) is 10.3 Å². The Bertz CT molecular complexity index is 381. The lowest BCUT2D eigenvalue weighted by molar-refractivity contribution is 0.219. The van der Waals surface area contributed by atoms with Crippen LogP contribution in [0.3, 0.4) is 0 Å². The van der Waals surface area contributed by atoms with Crippen LogP contribution in [-0.2, 0) is 5.54 Å². The predicted molar refractivity (Wildman–Crippen MR) is 59.8 cm³/mol. The van der Waals surface area contributed by atoms with Crippen LogP contribution in [-0.4, -0.2) is 10.1 Å². The predicted octanol–water partition coefficient (Wildman–Crippen LogP) is 2.31. The van der Waals surface area contributed by atoms with E-state index in [1.165, 1.54) is 25.7 Å². The second kappa shape index (κ2) is 3.55. The number of aromatic nitrogens is 2. The lowest BCUT2D eigenvalue weighted by Gasteiger charge is -2.29. The summed E-state index contributed by atoms with van der Waals surface area (Å²) in [6.07, 6.45) is 6.78. The summed E-state index contributed by atoms with van der Waals surface area (Å²) >= 11 is 0. The first kappa shape index (κ1) is 10.3. The van der Waals surface area contributed by atoms with Crippen molar-refractivity contribution in [1.29, 1.82) is 0 Å². The minimum absolute atomic E-state index is 0.346. The number of nitrogens with zero attached hydrogens (tertiary/aromatic N) is 2. The van der Waals surface area contributed by atoms with Gasteiger partial charge in [0.25, 0.3) is 0 Å². The molecule has 4 nitrogen and oxygen atoms in total. The maximum Gasteiger partial charge on any atom is 0.246 e. The SMILES string of the molecule is CC1CC1c1noc(C2(N)CCCCC2)n1. The van der Waals surface area contributed by atoms with E-state index in [1.54, 1.807) is 0 Å². The molecule has 4 heteroatoms. The summed E-state index contributed by atoms with van der Waals surface area (Å²) in [4.78, 5) is 4.52. The van der Waals surface area contributed by atoms with Gasteiger partial charge in [-0.2, -0.15) is 4.98 Å². The second-order valence-electron chi connectivity index (χ2n) is 5.49. The van der Waals surface area contributed by atoms with E-state index in [9.17, 15) is 0 Å².